The van der Waals surface area contributed by atoms with Gasteiger partial charge < -0.3 is 11.1 Å². The van der Waals surface area contributed by atoms with Gasteiger partial charge in [0.05, 0.1) is 0 Å². The summed E-state index contributed by atoms with van der Waals surface area (Å²) in [6.45, 7) is 0. The number of hydrogen-bond donors (Lipinski definition) is 2. The molecule has 1 amide bonds. The minimum Gasteiger partial charge on any atom is -0.398 e. The Morgan fingerprint density at radius 2 is 2.17 bits per heavy atom. The Kier molecular flexibility index (Phi) is 2.59. The maximum atomic E-state index is 12.1. The number of halogens is 1. The smallest absolute Gasteiger partial charge is 0.270 e. The van der Waals surface area contributed by atoms with Crippen LogP contribution in [0.1, 0.15) is 23.3 Å². The lowest BCUT2D eigenvalue weighted by molar-refractivity contribution is 0.0948. The van der Waals surface area contributed by atoms with Crippen molar-refractivity contribution in [2.24, 2.45) is 0 Å². The molecule has 1 aliphatic carbocycles. The number of carbonyl (C=O) groups excluding carboxylic acids is 1. The number of pyridine rings is 1. The van der Waals surface area contributed by atoms with Crippen LogP contribution in [0.25, 0.3) is 10.8 Å². The Morgan fingerprint density at radius 3 is 2.89 bits per heavy atom. The van der Waals surface area contributed by atoms with Crippen LogP contribution in [-0.4, -0.2) is 16.9 Å². The molecular formula is C13H12ClN3O. The molecule has 2 aromatic rings. The van der Waals surface area contributed by atoms with E-state index in [9.17, 15) is 4.79 Å². The molecule has 1 fully saturated rings. The molecular weight excluding hydrogens is 250 g/mol. The van der Waals surface area contributed by atoms with Crippen molar-refractivity contribution in [1.29, 1.82) is 0 Å². The highest BCUT2D eigenvalue weighted by Crippen LogP contribution is 2.28. The van der Waals surface area contributed by atoms with Crippen molar-refractivity contribution in [3.8, 4) is 0 Å². The fraction of sp³-hybridized carbons (Fsp3) is 0.231. The number of aromatic nitrogens is 1. The number of carbonyl (C=O) groups is 1. The molecule has 0 saturated heterocycles. The average Bonchev–Trinajstić information content (AvgIpc) is 3.12. The number of nitrogens with one attached hydrogen (secondary N) is 1. The molecule has 1 saturated carbocycles. The second-order valence-electron chi connectivity index (χ2n) is 4.50. The summed E-state index contributed by atoms with van der Waals surface area (Å²) in [5.74, 6) is -0.162. The van der Waals surface area contributed by atoms with E-state index in [2.05, 4.69) is 10.3 Å². The summed E-state index contributed by atoms with van der Waals surface area (Å²) in [6.07, 6.45) is 3.67. The van der Waals surface area contributed by atoms with Crippen LogP contribution in [0, 0.1) is 0 Å². The molecule has 0 spiro atoms. The first kappa shape index (κ1) is 11.3. The highest BCUT2D eigenvalue weighted by molar-refractivity contribution is 6.32. The first-order chi connectivity index (χ1) is 8.65. The molecule has 5 heteroatoms. The van der Waals surface area contributed by atoms with Crippen LogP contribution in [0.3, 0.4) is 0 Å². The quantitative estimate of drug-likeness (QED) is 0.816. The molecule has 1 aliphatic rings. The van der Waals surface area contributed by atoms with Crippen LogP contribution < -0.4 is 11.1 Å². The predicted octanol–water partition coefficient (Wildman–Crippen LogP) is 2.36. The van der Waals surface area contributed by atoms with E-state index in [1.165, 1.54) is 0 Å². The van der Waals surface area contributed by atoms with Gasteiger partial charge in [-0.05, 0) is 31.0 Å². The van der Waals surface area contributed by atoms with Crippen LogP contribution in [0.4, 0.5) is 5.69 Å². The first-order valence-corrected chi connectivity index (χ1v) is 6.17. The Labute approximate surface area is 109 Å². The third kappa shape index (κ3) is 1.99. The number of rotatable bonds is 2. The predicted molar refractivity (Wildman–Crippen MR) is 71.7 cm³/mol. The monoisotopic (exact) mass is 261 g/mol. The lowest BCUT2D eigenvalue weighted by Gasteiger charge is -2.08. The van der Waals surface area contributed by atoms with Gasteiger partial charge >= 0.3 is 0 Å². The number of fused-ring (bicyclic) bond motifs is 1. The summed E-state index contributed by atoms with van der Waals surface area (Å²) in [5.41, 5.74) is 6.83. The number of nitrogens with two attached hydrogens (primary N) is 1. The summed E-state index contributed by atoms with van der Waals surface area (Å²) >= 11 is 5.98. The Balaban J connectivity index is 2.13. The number of nitrogens with zero attached hydrogens (tertiary/aromatic N) is 1. The SMILES string of the molecule is Nc1cc(Cl)cc2c(C(=O)NC3CC3)nccc12. The van der Waals surface area contributed by atoms with Crippen molar-refractivity contribution in [3.05, 3.63) is 35.1 Å². The minimum absolute atomic E-state index is 0.162. The molecule has 0 atom stereocenters. The number of amides is 1. The fourth-order valence-corrected chi connectivity index (χ4v) is 2.17. The highest BCUT2D eigenvalue weighted by Gasteiger charge is 2.25. The number of benzene rings is 1. The average molecular weight is 262 g/mol. The van der Waals surface area contributed by atoms with Gasteiger partial charge in [-0.25, -0.2) is 0 Å². The van der Waals surface area contributed by atoms with Gasteiger partial charge in [-0.2, -0.15) is 0 Å². The molecule has 0 radical (unpaired) electrons. The zero-order valence-electron chi connectivity index (χ0n) is 9.61. The second kappa shape index (κ2) is 4.14. The summed E-state index contributed by atoms with van der Waals surface area (Å²) in [5, 5.41) is 4.92. The summed E-state index contributed by atoms with van der Waals surface area (Å²) in [6, 6.07) is 5.48. The Hall–Kier alpha value is -1.81. The minimum atomic E-state index is -0.162. The summed E-state index contributed by atoms with van der Waals surface area (Å²) < 4.78 is 0. The first-order valence-electron chi connectivity index (χ1n) is 5.80. The molecule has 3 rings (SSSR count). The fourth-order valence-electron chi connectivity index (χ4n) is 1.94. The van der Waals surface area contributed by atoms with Crippen molar-refractivity contribution < 1.29 is 4.79 Å². The maximum absolute atomic E-state index is 12.1. The Morgan fingerprint density at radius 1 is 1.39 bits per heavy atom. The normalized spacial score (nSPS) is 14.7. The van der Waals surface area contributed by atoms with Gasteiger partial charge in [-0.15, -0.1) is 0 Å². The van der Waals surface area contributed by atoms with Crippen LogP contribution in [0.5, 0.6) is 0 Å². The molecule has 3 N–H and O–H groups in total. The molecule has 0 aliphatic heterocycles. The standard InChI is InChI=1S/C13H12ClN3O/c14-7-5-10-9(11(15)6-7)3-4-16-12(10)13(18)17-8-1-2-8/h3-6,8H,1-2,15H2,(H,17,18). The highest BCUT2D eigenvalue weighted by atomic mass is 35.5. The van der Waals surface area contributed by atoms with Gasteiger partial charge in [0.15, 0.2) is 0 Å². The van der Waals surface area contributed by atoms with Crippen molar-refractivity contribution in [2.45, 2.75) is 18.9 Å². The topological polar surface area (TPSA) is 68.0 Å². The van der Waals surface area contributed by atoms with Gasteiger partial charge in [0.25, 0.3) is 5.91 Å². The molecule has 18 heavy (non-hydrogen) atoms. The van der Waals surface area contributed by atoms with E-state index >= 15 is 0 Å². The van der Waals surface area contributed by atoms with E-state index in [4.69, 9.17) is 17.3 Å². The van der Waals surface area contributed by atoms with Gasteiger partial charge in [-0.3, -0.25) is 9.78 Å². The van der Waals surface area contributed by atoms with Crippen molar-refractivity contribution >= 4 is 34.0 Å². The molecule has 4 nitrogen and oxygen atoms in total. The van der Waals surface area contributed by atoms with Crippen LogP contribution in [-0.2, 0) is 0 Å². The molecule has 0 unspecified atom stereocenters. The van der Waals surface area contributed by atoms with Crippen molar-refractivity contribution in [3.63, 3.8) is 0 Å². The maximum Gasteiger partial charge on any atom is 0.270 e. The molecule has 0 bridgehead atoms. The summed E-state index contributed by atoms with van der Waals surface area (Å²) in [7, 11) is 0. The van der Waals surface area contributed by atoms with Gasteiger partial charge in [0.2, 0.25) is 0 Å². The van der Waals surface area contributed by atoms with E-state index in [0.717, 1.165) is 18.2 Å². The third-order valence-electron chi connectivity index (χ3n) is 3.00. The van der Waals surface area contributed by atoms with Crippen molar-refractivity contribution in [2.75, 3.05) is 5.73 Å². The van der Waals surface area contributed by atoms with Gasteiger partial charge in [0, 0.05) is 33.7 Å². The lowest BCUT2D eigenvalue weighted by atomic mass is 10.1. The van der Waals surface area contributed by atoms with E-state index in [-0.39, 0.29) is 5.91 Å². The van der Waals surface area contributed by atoms with Crippen LogP contribution in [0.15, 0.2) is 24.4 Å². The molecule has 1 aromatic heterocycles. The Bertz CT molecular complexity index is 637. The largest absolute Gasteiger partial charge is 0.398 e. The molecule has 92 valence electrons. The van der Waals surface area contributed by atoms with E-state index in [0.29, 0.717) is 27.8 Å². The van der Waals surface area contributed by atoms with Gasteiger partial charge in [0.1, 0.15) is 5.69 Å². The van der Waals surface area contributed by atoms with E-state index in [1.807, 2.05) is 0 Å². The second-order valence-corrected chi connectivity index (χ2v) is 4.93. The van der Waals surface area contributed by atoms with Crippen LogP contribution in [0.2, 0.25) is 5.02 Å². The van der Waals surface area contributed by atoms with E-state index in [1.54, 1.807) is 24.4 Å². The number of nitrogen functional groups attached to an aromatic ring is 1. The van der Waals surface area contributed by atoms with Gasteiger partial charge in [-0.1, -0.05) is 11.6 Å². The lowest BCUT2D eigenvalue weighted by Crippen LogP contribution is -2.26. The molecule has 1 heterocycles. The van der Waals surface area contributed by atoms with Crippen LogP contribution >= 0.6 is 11.6 Å². The number of hydrogen-bond acceptors (Lipinski definition) is 3. The zero-order chi connectivity index (χ0) is 12.7. The third-order valence-corrected chi connectivity index (χ3v) is 3.22. The molecule has 1 aromatic carbocycles. The van der Waals surface area contributed by atoms with Crippen molar-refractivity contribution in [1.82, 2.24) is 10.3 Å². The number of anilines is 1. The zero-order valence-corrected chi connectivity index (χ0v) is 10.4. The summed E-state index contributed by atoms with van der Waals surface area (Å²) in [4.78, 5) is 16.2. The van der Waals surface area contributed by atoms with E-state index < -0.39 is 0 Å².